The minimum atomic E-state index is 0.606. The van der Waals surface area contributed by atoms with Crippen LogP contribution in [0.4, 0.5) is 0 Å². The topological polar surface area (TPSA) is 38.9 Å². The van der Waals surface area contributed by atoms with Gasteiger partial charge in [-0.25, -0.2) is 4.98 Å². The summed E-state index contributed by atoms with van der Waals surface area (Å²) in [7, 11) is 0. The summed E-state index contributed by atoms with van der Waals surface area (Å²) in [6.45, 7) is 4.84. The van der Waals surface area contributed by atoms with Crippen LogP contribution in [0.5, 0.6) is 0 Å². The van der Waals surface area contributed by atoms with Gasteiger partial charge in [0.05, 0.1) is 10.7 Å². The van der Waals surface area contributed by atoms with Gasteiger partial charge in [0.15, 0.2) is 0 Å². The maximum atomic E-state index is 5.72. The number of aryl methyl sites for hydroxylation is 2. The van der Waals surface area contributed by atoms with Gasteiger partial charge in [-0.3, -0.25) is 0 Å². The molecule has 17 heavy (non-hydrogen) atoms. The molecule has 3 heteroatoms. The van der Waals surface area contributed by atoms with Gasteiger partial charge < -0.3 is 5.73 Å². The van der Waals surface area contributed by atoms with Crippen LogP contribution in [0.2, 0.25) is 0 Å². The molecule has 90 valence electrons. The van der Waals surface area contributed by atoms with Crippen LogP contribution in [-0.2, 0) is 19.4 Å². The Hall–Kier alpha value is -1.19. The number of rotatable bonds is 4. The molecule has 0 aliphatic carbocycles. The van der Waals surface area contributed by atoms with Crippen LogP contribution < -0.4 is 5.73 Å². The number of hydrogen-bond acceptors (Lipinski definition) is 3. The summed E-state index contributed by atoms with van der Waals surface area (Å²) in [5.41, 5.74) is 9.50. The van der Waals surface area contributed by atoms with Gasteiger partial charge in [-0.1, -0.05) is 36.8 Å². The minimum absolute atomic E-state index is 0.606. The van der Waals surface area contributed by atoms with Crippen molar-refractivity contribution >= 4 is 11.3 Å². The molecule has 0 spiro atoms. The van der Waals surface area contributed by atoms with Crippen molar-refractivity contribution in [3.63, 3.8) is 0 Å². The molecule has 2 aromatic rings. The lowest BCUT2D eigenvalue weighted by molar-refractivity contribution is 0.968. The van der Waals surface area contributed by atoms with E-state index >= 15 is 0 Å². The highest BCUT2D eigenvalue weighted by Gasteiger charge is 2.08. The summed E-state index contributed by atoms with van der Waals surface area (Å²) in [6.07, 6.45) is 1.88. The van der Waals surface area contributed by atoms with Gasteiger partial charge >= 0.3 is 0 Å². The van der Waals surface area contributed by atoms with E-state index in [0.29, 0.717) is 6.54 Å². The number of nitrogens with zero attached hydrogens (tertiary/aromatic N) is 1. The molecule has 0 saturated heterocycles. The Morgan fingerprint density at radius 2 is 1.94 bits per heavy atom. The average Bonchev–Trinajstić information content (AvgIpc) is 2.74. The van der Waals surface area contributed by atoms with Gasteiger partial charge in [-0.15, -0.1) is 11.3 Å². The van der Waals surface area contributed by atoms with Crippen LogP contribution >= 0.6 is 11.3 Å². The van der Waals surface area contributed by atoms with Crippen LogP contribution in [0.3, 0.4) is 0 Å². The highest BCUT2D eigenvalue weighted by molar-refractivity contribution is 7.11. The van der Waals surface area contributed by atoms with E-state index in [0.717, 1.165) is 12.8 Å². The number of nitrogens with two attached hydrogens (primary N) is 1. The fourth-order valence-corrected chi connectivity index (χ4v) is 2.90. The summed E-state index contributed by atoms with van der Waals surface area (Å²) in [5.74, 6) is 0. The Morgan fingerprint density at radius 1 is 1.24 bits per heavy atom. The van der Waals surface area contributed by atoms with Crippen molar-refractivity contribution in [1.82, 2.24) is 4.98 Å². The monoisotopic (exact) mass is 246 g/mol. The van der Waals surface area contributed by atoms with Gasteiger partial charge in [0.25, 0.3) is 0 Å². The maximum Gasteiger partial charge on any atom is 0.0975 e. The van der Waals surface area contributed by atoms with Gasteiger partial charge in [-0.05, 0) is 18.9 Å². The van der Waals surface area contributed by atoms with Gasteiger partial charge in [0.2, 0.25) is 0 Å². The van der Waals surface area contributed by atoms with Crippen molar-refractivity contribution in [2.75, 3.05) is 0 Å². The van der Waals surface area contributed by atoms with Gasteiger partial charge in [-0.2, -0.15) is 0 Å². The van der Waals surface area contributed by atoms with Crippen molar-refractivity contribution < 1.29 is 0 Å². The molecular formula is C14H18N2S. The second kappa shape index (κ2) is 5.43. The first kappa shape index (κ1) is 12.3. The first-order valence-electron chi connectivity index (χ1n) is 5.96. The zero-order chi connectivity index (χ0) is 12.3. The molecule has 0 radical (unpaired) electrons. The van der Waals surface area contributed by atoms with Crippen LogP contribution in [0, 0.1) is 6.92 Å². The molecule has 0 saturated carbocycles. The predicted molar refractivity (Wildman–Crippen MR) is 73.4 cm³/mol. The number of hydrogen-bond donors (Lipinski definition) is 1. The van der Waals surface area contributed by atoms with E-state index in [1.165, 1.54) is 26.7 Å². The molecule has 2 nitrogen and oxygen atoms in total. The first-order chi connectivity index (χ1) is 8.22. The van der Waals surface area contributed by atoms with E-state index in [4.69, 9.17) is 5.73 Å². The van der Waals surface area contributed by atoms with Crippen molar-refractivity contribution in [3.8, 4) is 0 Å². The minimum Gasteiger partial charge on any atom is -0.326 e. The molecule has 0 bridgehead atoms. The highest BCUT2D eigenvalue weighted by atomic mass is 32.1. The van der Waals surface area contributed by atoms with Crippen LogP contribution in [0.1, 0.15) is 33.6 Å². The molecule has 1 aromatic carbocycles. The lowest BCUT2D eigenvalue weighted by atomic mass is 10.1. The SMILES string of the molecule is CCc1nc(Cc2ccc(C)cc2)sc1CN. The Kier molecular flexibility index (Phi) is 3.92. The third-order valence-corrected chi connectivity index (χ3v) is 3.94. The number of thiazole rings is 1. The van der Waals surface area contributed by atoms with Gasteiger partial charge in [0.1, 0.15) is 0 Å². The normalized spacial score (nSPS) is 10.8. The van der Waals surface area contributed by atoms with E-state index in [1.807, 2.05) is 0 Å². The van der Waals surface area contributed by atoms with Crippen LogP contribution in [0.25, 0.3) is 0 Å². The van der Waals surface area contributed by atoms with E-state index in [2.05, 4.69) is 43.1 Å². The van der Waals surface area contributed by atoms with Crippen LogP contribution in [0.15, 0.2) is 24.3 Å². The highest BCUT2D eigenvalue weighted by Crippen LogP contribution is 2.21. The van der Waals surface area contributed by atoms with E-state index in [-0.39, 0.29) is 0 Å². The zero-order valence-corrected chi connectivity index (χ0v) is 11.2. The van der Waals surface area contributed by atoms with Gasteiger partial charge in [0, 0.05) is 17.8 Å². The van der Waals surface area contributed by atoms with Crippen LogP contribution in [-0.4, -0.2) is 4.98 Å². The molecule has 2 N–H and O–H groups in total. The maximum absolute atomic E-state index is 5.72. The smallest absolute Gasteiger partial charge is 0.0975 e. The molecule has 1 aromatic heterocycles. The molecule has 0 amide bonds. The van der Waals surface area contributed by atoms with Crippen molar-refractivity contribution in [3.05, 3.63) is 51.0 Å². The standard InChI is InChI=1S/C14H18N2S/c1-3-12-13(9-15)17-14(16-12)8-11-6-4-10(2)5-7-11/h4-7H,3,8-9,15H2,1-2H3. The van der Waals surface area contributed by atoms with E-state index in [1.54, 1.807) is 11.3 Å². The fourth-order valence-electron chi connectivity index (χ4n) is 1.83. The predicted octanol–water partition coefficient (Wildman–Crippen LogP) is 3.06. The van der Waals surface area contributed by atoms with Crippen molar-refractivity contribution in [1.29, 1.82) is 0 Å². The Morgan fingerprint density at radius 3 is 2.47 bits per heavy atom. The van der Waals surface area contributed by atoms with Crippen molar-refractivity contribution in [2.24, 2.45) is 5.73 Å². The molecular weight excluding hydrogens is 228 g/mol. The Balaban J connectivity index is 2.18. The quantitative estimate of drug-likeness (QED) is 0.900. The van der Waals surface area contributed by atoms with E-state index < -0.39 is 0 Å². The third kappa shape index (κ3) is 2.93. The molecule has 0 fully saturated rings. The molecule has 0 aliphatic rings. The first-order valence-corrected chi connectivity index (χ1v) is 6.77. The fraction of sp³-hybridized carbons (Fsp3) is 0.357. The number of aromatic nitrogens is 1. The molecule has 0 unspecified atom stereocenters. The third-order valence-electron chi connectivity index (χ3n) is 2.82. The van der Waals surface area contributed by atoms with Crippen molar-refractivity contribution in [2.45, 2.75) is 33.2 Å². The summed E-state index contributed by atoms with van der Waals surface area (Å²) in [5, 5.41) is 1.17. The second-order valence-electron chi connectivity index (χ2n) is 4.20. The molecule has 0 aliphatic heterocycles. The number of benzene rings is 1. The zero-order valence-electron chi connectivity index (χ0n) is 10.4. The summed E-state index contributed by atoms with van der Waals surface area (Å²) in [4.78, 5) is 5.89. The summed E-state index contributed by atoms with van der Waals surface area (Å²) < 4.78 is 0. The summed E-state index contributed by atoms with van der Waals surface area (Å²) >= 11 is 1.75. The van der Waals surface area contributed by atoms with E-state index in [9.17, 15) is 0 Å². The molecule has 0 atom stereocenters. The lowest BCUT2D eigenvalue weighted by Crippen LogP contribution is -1.97. The Bertz CT molecular complexity index is 464. The largest absolute Gasteiger partial charge is 0.326 e. The average molecular weight is 246 g/mol. The summed E-state index contributed by atoms with van der Waals surface area (Å²) in [6, 6.07) is 8.63. The second-order valence-corrected chi connectivity index (χ2v) is 5.37. The lowest BCUT2D eigenvalue weighted by Gasteiger charge is -1.98. The molecule has 1 heterocycles. The molecule has 2 rings (SSSR count). The Labute approximate surface area is 107 Å².